The molecule has 0 aliphatic heterocycles. The van der Waals surface area contributed by atoms with Crippen LogP contribution in [-0.4, -0.2) is 11.6 Å². The Hall–Kier alpha value is -1.81. The highest BCUT2D eigenvalue weighted by Crippen LogP contribution is 2.32. The number of nitrogens with two attached hydrogens (primary N) is 1. The number of nitrogens with zero attached hydrogens (tertiary/aromatic N) is 1. The second-order valence-electron chi connectivity index (χ2n) is 4.56. The van der Waals surface area contributed by atoms with Crippen molar-refractivity contribution in [3.05, 3.63) is 29.5 Å². The van der Waals surface area contributed by atoms with Crippen molar-refractivity contribution in [3.8, 4) is 5.75 Å². The van der Waals surface area contributed by atoms with E-state index in [4.69, 9.17) is 15.6 Å². The summed E-state index contributed by atoms with van der Waals surface area (Å²) in [5.41, 5.74) is 6.77. The van der Waals surface area contributed by atoms with Crippen LogP contribution in [0.3, 0.4) is 0 Å². The summed E-state index contributed by atoms with van der Waals surface area (Å²) in [5.74, 6) is 6.50. The number of anilines is 1. The van der Waals surface area contributed by atoms with E-state index >= 15 is 0 Å². The number of rotatable bonds is 5. The normalized spacial score (nSPS) is 10.7. The number of nitrogens with one attached hydrogen (secondary N) is 1. The van der Waals surface area contributed by atoms with E-state index in [9.17, 15) is 0 Å². The maximum atomic E-state index is 5.78. The van der Waals surface area contributed by atoms with Crippen LogP contribution in [0.4, 0.5) is 5.69 Å². The van der Waals surface area contributed by atoms with Crippen molar-refractivity contribution in [2.24, 2.45) is 5.84 Å². The number of ether oxygens (including phenoxy) is 1. The summed E-state index contributed by atoms with van der Waals surface area (Å²) in [5, 5.41) is 1.01. The molecule has 0 aliphatic carbocycles. The van der Waals surface area contributed by atoms with E-state index in [1.807, 2.05) is 25.1 Å². The quantitative estimate of drug-likeness (QED) is 0.639. The number of pyridine rings is 1. The molecule has 0 bridgehead atoms. The maximum Gasteiger partial charge on any atom is 0.145 e. The Kier molecular flexibility index (Phi) is 4.22. The Labute approximate surface area is 113 Å². The van der Waals surface area contributed by atoms with Gasteiger partial charge in [0.15, 0.2) is 0 Å². The molecule has 0 radical (unpaired) electrons. The first kappa shape index (κ1) is 13.6. The van der Waals surface area contributed by atoms with Crippen LogP contribution in [0, 0.1) is 6.92 Å². The molecule has 4 heteroatoms. The van der Waals surface area contributed by atoms with Gasteiger partial charge in [-0.15, -0.1) is 0 Å². The Morgan fingerprint density at radius 2 is 2.11 bits per heavy atom. The van der Waals surface area contributed by atoms with Crippen molar-refractivity contribution in [2.45, 2.75) is 33.6 Å². The van der Waals surface area contributed by atoms with Crippen molar-refractivity contribution in [1.82, 2.24) is 4.98 Å². The van der Waals surface area contributed by atoms with E-state index in [2.05, 4.69) is 19.3 Å². The fraction of sp³-hybridized carbons (Fsp3) is 0.400. The third-order valence-corrected chi connectivity index (χ3v) is 3.26. The highest BCUT2D eigenvalue weighted by Gasteiger charge is 2.13. The number of aromatic nitrogens is 1. The fourth-order valence-corrected chi connectivity index (χ4v) is 2.26. The molecule has 0 aliphatic rings. The van der Waals surface area contributed by atoms with Gasteiger partial charge in [0, 0.05) is 11.1 Å². The first-order valence-corrected chi connectivity index (χ1v) is 6.74. The largest absolute Gasteiger partial charge is 0.491 e. The van der Waals surface area contributed by atoms with E-state index in [1.54, 1.807) is 0 Å². The zero-order valence-corrected chi connectivity index (χ0v) is 11.8. The van der Waals surface area contributed by atoms with Gasteiger partial charge in [0.2, 0.25) is 0 Å². The van der Waals surface area contributed by atoms with Gasteiger partial charge >= 0.3 is 0 Å². The second kappa shape index (κ2) is 5.89. The zero-order chi connectivity index (χ0) is 13.8. The van der Waals surface area contributed by atoms with Gasteiger partial charge in [0.1, 0.15) is 11.3 Å². The van der Waals surface area contributed by atoms with Gasteiger partial charge in [0.05, 0.1) is 12.3 Å². The number of aryl methyl sites for hydroxylation is 1. The predicted molar refractivity (Wildman–Crippen MR) is 79.5 cm³/mol. The average Bonchev–Trinajstić information content (AvgIpc) is 2.44. The van der Waals surface area contributed by atoms with Crippen LogP contribution < -0.4 is 16.0 Å². The lowest BCUT2D eigenvalue weighted by molar-refractivity contribution is 0.320. The topological polar surface area (TPSA) is 60.2 Å². The molecule has 19 heavy (non-hydrogen) atoms. The van der Waals surface area contributed by atoms with Gasteiger partial charge in [-0.3, -0.25) is 5.84 Å². The first-order chi connectivity index (χ1) is 9.22. The van der Waals surface area contributed by atoms with Crippen LogP contribution in [0.15, 0.2) is 18.2 Å². The standard InChI is InChI=1S/C15H21N3O/c1-4-9-19-13-8-6-7-11-14(18-16)10(3)12(5-2)17-15(11)13/h6-8H,4-5,9,16H2,1-3H3,(H,17,18). The van der Waals surface area contributed by atoms with E-state index in [0.717, 1.165) is 46.4 Å². The van der Waals surface area contributed by atoms with Crippen molar-refractivity contribution in [2.75, 3.05) is 12.0 Å². The molecule has 2 aromatic rings. The monoisotopic (exact) mass is 259 g/mol. The molecule has 0 unspecified atom stereocenters. The number of nitrogen functional groups attached to an aromatic ring is 1. The number of hydrogen-bond donors (Lipinski definition) is 2. The van der Waals surface area contributed by atoms with Gasteiger partial charge in [-0.25, -0.2) is 4.98 Å². The molecule has 0 fully saturated rings. The molecule has 2 rings (SSSR count). The molecule has 1 aromatic heterocycles. The van der Waals surface area contributed by atoms with E-state index in [1.165, 1.54) is 0 Å². The van der Waals surface area contributed by atoms with Crippen molar-refractivity contribution < 1.29 is 4.74 Å². The van der Waals surface area contributed by atoms with Crippen LogP contribution >= 0.6 is 0 Å². The molecule has 1 heterocycles. The molecule has 102 valence electrons. The lowest BCUT2D eigenvalue weighted by Crippen LogP contribution is -2.11. The third kappa shape index (κ3) is 2.49. The lowest BCUT2D eigenvalue weighted by Gasteiger charge is -2.15. The van der Waals surface area contributed by atoms with E-state index in [-0.39, 0.29) is 0 Å². The van der Waals surface area contributed by atoms with Crippen molar-refractivity contribution in [1.29, 1.82) is 0 Å². The molecule has 0 atom stereocenters. The highest BCUT2D eigenvalue weighted by atomic mass is 16.5. The Morgan fingerprint density at radius 1 is 1.32 bits per heavy atom. The minimum Gasteiger partial charge on any atom is -0.491 e. The maximum absolute atomic E-state index is 5.78. The van der Waals surface area contributed by atoms with Gasteiger partial charge in [-0.2, -0.15) is 0 Å². The average molecular weight is 259 g/mol. The number of para-hydroxylation sites is 1. The van der Waals surface area contributed by atoms with Crippen LogP contribution in [-0.2, 0) is 6.42 Å². The molecule has 0 spiro atoms. The summed E-state index contributed by atoms with van der Waals surface area (Å²) >= 11 is 0. The smallest absolute Gasteiger partial charge is 0.145 e. The number of benzene rings is 1. The van der Waals surface area contributed by atoms with Gasteiger partial charge in [-0.1, -0.05) is 26.0 Å². The van der Waals surface area contributed by atoms with Gasteiger partial charge < -0.3 is 10.2 Å². The molecule has 0 saturated heterocycles. The Bertz CT molecular complexity index is 581. The summed E-state index contributed by atoms with van der Waals surface area (Å²) in [6.07, 6.45) is 1.85. The fourth-order valence-electron chi connectivity index (χ4n) is 2.26. The molecule has 4 nitrogen and oxygen atoms in total. The number of hydrazine groups is 1. The van der Waals surface area contributed by atoms with Gasteiger partial charge in [0.25, 0.3) is 0 Å². The highest BCUT2D eigenvalue weighted by molar-refractivity contribution is 5.96. The van der Waals surface area contributed by atoms with Crippen LogP contribution in [0.25, 0.3) is 10.9 Å². The SMILES string of the molecule is CCCOc1cccc2c(NN)c(C)c(CC)nc12. The third-order valence-electron chi connectivity index (χ3n) is 3.26. The van der Waals surface area contributed by atoms with E-state index < -0.39 is 0 Å². The minimum atomic E-state index is 0.696. The van der Waals surface area contributed by atoms with Crippen LogP contribution in [0.1, 0.15) is 31.5 Å². The summed E-state index contributed by atoms with van der Waals surface area (Å²) < 4.78 is 5.78. The van der Waals surface area contributed by atoms with Crippen molar-refractivity contribution >= 4 is 16.6 Å². The number of hydrogen-bond acceptors (Lipinski definition) is 4. The summed E-state index contributed by atoms with van der Waals surface area (Å²) in [6, 6.07) is 5.95. The van der Waals surface area contributed by atoms with Crippen molar-refractivity contribution in [3.63, 3.8) is 0 Å². The Morgan fingerprint density at radius 3 is 2.74 bits per heavy atom. The second-order valence-corrected chi connectivity index (χ2v) is 4.56. The zero-order valence-electron chi connectivity index (χ0n) is 11.8. The molecular weight excluding hydrogens is 238 g/mol. The van der Waals surface area contributed by atoms with Gasteiger partial charge in [-0.05, 0) is 31.4 Å². The van der Waals surface area contributed by atoms with Crippen LogP contribution in [0.2, 0.25) is 0 Å². The lowest BCUT2D eigenvalue weighted by atomic mass is 10.1. The molecular formula is C15H21N3O. The minimum absolute atomic E-state index is 0.696. The molecule has 0 saturated carbocycles. The Balaban J connectivity index is 2.67. The molecule has 3 N–H and O–H groups in total. The summed E-state index contributed by atoms with van der Waals surface area (Å²) in [7, 11) is 0. The van der Waals surface area contributed by atoms with Crippen LogP contribution in [0.5, 0.6) is 5.75 Å². The summed E-state index contributed by atoms with van der Waals surface area (Å²) in [6.45, 7) is 6.92. The van der Waals surface area contributed by atoms with E-state index in [0.29, 0.717) is 6.61 Å². The predicted octanol–water partition coefficient (Wildman–Crippen LogP) is 3.18. The molecule has 1 aromatic carbocycles. The summed E-state index contributed by atoms with van der Waals surface area (Å²) in [4.78, 5) is 4.73. The number of fused-ring (bicyclic) bond motifs is 1. The molecule has 0 amide bonds. The first-order valence-electron chi connectivity index (χ1n) is 6.74.